The summed E-state index contributed by atoms with van der Waals surface area (Å²) >= 11 is 18.2. The van der Waals surface area contributed by atoms with Crippen molar-refractivity contribution in [2.45, 2.75) is 0 Å². The van der Waals surface area contributed by atoms with Gasteiger partial charge in [0.05, 0.1) is 0 Å². The van der Waals surface area contributed by atoms with Gasteiger partial charge >= 0.3 is 0 Å². The van der Waals surface area contributed by atoms with Crippen LogP contribution in [0.3, 0.4) is 0 Å². The van der Waals surface area contributed by atoms with Gasteiger partial charge in [0, 0.05) is 12.4 Å². The molecule has 0 aromatic rings. The fourth-order valence-electron chi connectivity index (χ4n) is 0.219. The molecule has 0 atom stereocenters. The molecular formula is C4H12N4S4. The van der Waals surface area contributed by atoms with Gasteiger partial charge in [-0.1, -0.05) is 8.64 Å². The van der Waals surface area contributed by atoms with Crippen molar-refractivity contribution in [2.75, 3.05) is 0 Å². The maximum Gasteiger partial charge on any atom is 0.0158 e. The molecule has 0 aliphatic rings. The van der Waals surface area contributed by atoms with Crippen LogP contribution in [0.1, 0.15) is 0 Å². The lowest BCUT2D eigenvalue weighted by Gasteiger charge is -2.05. The summed E-state index contributed by atoms with van der Waals surface area (Å²) < 4.78 is 0.571. The molecule has 0 aliphatic heterocycles. The van der Waals surface area contributed by atoms with E-state index in [0.717, 1.165) is 0 Å². The van der Waals surface area contributed by atoms with Crippen LogP contribution >= 0.6 is 24.4 Å². The number of quaternary nitrogens is 2. The molecule has 0 spiro atoms. The first-order valence-corrected chi connectivity index (χ1v) is 3.86. The molecule has 0 saturated heterocycles. The lowest BCUT2D eigenvalue weighted by molar-refractivity contribution is 1.25. The largest absolute Gasteiger partial charge is 0.411 e. The molecule has 8 heteroatoms. The van der Waals surface area contributed by atoms with E-state index < -0.39 is 0 Å². The topological polar surface area (TPSA) is 97.1 Å². The molecule has 0 saturated carbocycles. The highest BCUT2D eigenvalue weighted by Gasteiger charge is 1.67. The van der Waals surface area contributed by atoms with Gasteiger partial charge in [-0.05, 0) is 0 Å². The van der Waals surface area contributed by atoms with Crippen molar-refractivity contribution in [2.24, 2.45) is 0 Å². The predicted octanol–water partition coefficient (Wildman–Crippen LogP) is 1.05. The minimum absolute atomic E-state index is 0. The summed E-state index contributed by atoms with van der Waals surface area (Å²) in [6.45, 7) is 0. The summed E-state index contributed by atoms with van der Waals surface area (Å²) in [6, 6.07) is 0. The van der Waals surface area contributed by atoms with Gasteiger partial charge in [0.2, 0.25) is 0 Å². The van der Waals surface area contributed by atoms with Gasteiger partial charge in [-0.3, -0.25) is 0 Å². The van der Waals surface area contributed by atoms with Gasteiger partial charge in [0.25, 0.3) is 0 Å². The van der Waals surface area contributed by atoms with Gasteiger partial charge in [-0.15, -0.1) is 0 Å². The van der Waals surface area contributed by atoms with Gasteiger partial charge in [0.15, 0.2) is 0 Å². The van der Waals surface area contributed by atoms with E-state index in [9.17, 15) is 0 Å². The van der Waals surface area contributed by atoms with Gasteiger partial charge < -0.3 is 72.6 Å². The molecule has 0 amide bonds. The van der Waals surface area contributed by atoms with E-state index in [-0.39, 0.29) is 20.9 Å². The van der Waals surface area contributed by atoms with Crippen LogP contribution in [0, 0.1) is 0 Å². The second kappa shape index (κ2) is 10.9. The van der Waals surface area contributed by atoms with Crippen LogP contribution in [0.5, 0.6) is 0 Å². The maximum atomic E-state index is 4.54. The van der Waals surface area contributed by atoms with Gasteiger partial charge in [-0.2, -0.15) is 0 Å². The monoisotopic (exact) mass is 244 g/mol. The molecule has 4 nitrogen and oxygen atoms in total. The summed E-state index contributed by atoms with van der Waals surface area (Å²) in [7, 11) is 0. The Morgan fingerprint density at radius 1 is 0.917 bits per heavy atom. The molecule has 0 aliphatic carbocycles. The lowest BCUT2D eigenvalue weighted by Crippen LogP contribution is -2.15. The second-order valence-corrected chi connectivity index (χ2v) is 3.35. The summed E-state index contributed by atoms with van der Waals surface area (Å²) in [5, 5.41) is 5.20. The summed E-state index contributed by atoms with van der Waals surface area (Å²) in [5.74, 6) is 0. The summed E-state index contributed by atoms with van der Waals surface area (Å²) in [6.07, 6.45) is 3.07. The number of nitrogens with one attached hydrogen (secondary N) is 2. The van der Waals surface area contributed by atoms with Crippen LogP contribution in [-0.2, 0) is 25.3 Å². The highest BCUT2D eigenvalue weighted by atomic mass is 32.1. The molecule has 0 bridgehead atoms. The van der Waals surface area contributed by atoms with E-state index in [2.05, 4.69) is 60.3 Å². The fourth-order valence-corrected chi connectivity index (χ4v) is 0.492. The van der Waals surface area contributed by atoms with Gasteiger partial charge in [0.1, 0.15) is 0 Å². The minimum Gasteiger partial charge on any atom is -0.411 e. The van der Waals surface area contributed by atoms with Crippen molar-refractivity contribution in [1.82, 2.24) is 22.9 Å². The maximum absolute atomic E-state index is 4.54. The lowest BCUT2D eigenvalue weighted by atomic mass is 10.9. The third kappa shape index (κ3) is 16.5. The van der Waals surface area contributed by atoms with Crippen molar-refractivity contribution in [3.8, 4) is 0 Å². The second-order valence-electron chi connectivity index (χ2n) is 1.20. The minimum atomic E-state index is 0. The highest BCUT2D eigenvalue weighted by Crippen LogP contribution is 1.68. The van der Waals surface area contributed by atoms with Crippen LogP contribution in [0.15, 0.2) is 12.4 Å². The summed E-state index contributed by atoms with van der Waals surface area (Å²) in [5.41, 5.74) is 0. The van der Waals surface area contributed by atoms with E-state index in [4.69, 9.17) is 0 Å². The fraction of sp³-hybridized carbons (Fsp3) is 0. The Bertz CT molecular complexity index is 150. The van der Waals surface area contributed by atoms with Crippen molar-refractivity contribution in [3.05, 3.63) is 12.4 Å². The SMILES string of the molecule is S=C([S-])NC=CNC(=S)[S-].[NH4+].[NH4+]. The Balaban J connectivity index is -0.000000405. The Labute approximate surface area is 93.5 Å². The number of hydrogen-bond acceptors (Lipinski definition) is 4. The zero-order valence-electron chi connectivity index (χ0n) is 6.79. The standard InChI is InChI=1S/C4H6N2S4.2H3N/c7-3(8)5-1-2-6-4(9)10;;/h1-2H,(H2,5,7,8)(H2,6,9,10);2*1H3. The smallest absolute Gasteiger partial charge is 0.0158 e. The molecule has 0 aromatic heterocycles. The average molecular weight is 244 g/mol. The number of hydrogen-bond donors (Lipinski definition) is 4. The first-order valence-electron chi connectivity index (χ1n) is 2.23. The Hall–Kier alpha value is -0.120. The van der Waals surface area contributed by atoms with Gasteiger partial charge in [-0.25, -0.2) is 0 Å². The number of rotatable bonds is 2. The van der Waals surface area contributed by atoms with Crippen LogP contribution in [0.4, 0.5) is 0 Å². The van der Waals surface area contributed by atoms with Crippen molar-refractivity contribution in [1.29, 1.82) is 0 Å². The Kier molecular flexibility index (Phi) is 16.2. The quantitative estimate of drug-likeness (QED) is 0.428. The molecule has 0 unspecified atom stereocenters. The van der Waals surface area contributed by atoms with Crippen molar-refractivity contribution >= 4 is 58.3 Å². The molecule has 0 fully saturated rings. The van der Waals surface area contributed by atoms with Crippen molar-refractivity contribution in [3.63, 3.8) is 0 Å². The van der Waals surface area contributed by atoms with Crippen molar-refractivity contribution < 1.29 is 0 Å². The zero-order chi connectivity index (χ0) is 7.98. The van der Waals surface area contributed by atoms with E-state index in [0.29, 0.717) is 0 Å². The molecule has 10 N–H and O–H groups in total. The normalized spacial score (nSPS) is 7.67. The third-order valence-electron chi connectivity index (χ3n) is 0.486. The highest BCUT2D eigenvalue weighted by molar-refractivity contribution is 8.00. The average Bonchev–Trinajstić information content (AvgIpc) is 1.79. The summed E-state index contributed by atoms with van der Waals surface area (Å²) in [4.78, 5) is 0. The van der Waals surface area contributed by atoms with E-state index in [1.165, 1.54) is 12.4 Å². The first-order chi connectivity index (χ1) is 4.63. The zero-order valence-corrected chi connectivity index (χ0v) is 10.1. The molecule has 72 valence electrons. The molecule has 12 heavy (non-hydrogen) atoms. The predicted molar refractivity (Wildman–Crippen MR) is 67.3 cm³/mol. The Morgan fingerprint density at radius 2 is 1.17 bits per heavy atom. The molecule has 0 aromatic carbocycles. The van der Waals surface area contributed by atoms with Crippen LogP contribution < -0.4 is 22.9 Å². The van der Waals surface area contributed by atoms with E-state index >= 15 is 0 Å². The molecular weight excluding hydrogens is 232 g/mol. The Morgan fingerprint density at radius 3 is 1.33 bits per heavy atom. The van der Waals surface area contributed by atoms with E-state index in [1.807, 2.05) is 0 Å². The number of thiocarbonyl (C=S) groups is 2. The molecule has 0 rings (SSSR count). The molecule has 0 heterocycles. The first kappa shape index (κ1) is 17.8. The molecule has 0 radical (unpaired) electrons. The van der Waals surface area contributed by atoms with Crippen LogP contribution in [0.2, 0.25) is 0 Å². The third-order valence-corrected chi connectivity index (χ3v) is 0.957. The van der Waals surface area contributed by atoms with Crippen LogP contribution in [-0.4, -0.2) is 8.64 Å². The van der Waals surface area contributed by atoms with Crippen LogP contribution in [0.25, 0.3) is 0 Å². The van der Waals surface area contributed by atoms with E-state index in [1.54, 1.807) is 0 Å².